The zero-order valence-corrected chi connectivity index (χ0v) is 14.8. The van der Waals surface area contributed by atoms with E-state index in [1.165, 1.54) is 11.6 Å². The largest absolute Gasteiger partial charge is 0.484 e. The van der Waals surface area contributed by atoms with Crippen molar-refractivity contribution >= 4 is 11.8 Å². The molecule has 0 radical (unpaired) electrons. The van der Waals surface area contributed by atoms with Crippen molar-refractivity contribution in [2.75, 3.05) is 13.2 Å². The average molecular weight is 340 g/mol. The number of primary amides is 1. The molecule has 0 aromatic heterocycles. The summed E-state index contributed by atoms with van der Waals surface area (Å²) in [6, 6.07) is 14.7. The highest BCUT2D eigenvalue weighted by Crippen LogP contribution is 2.22. The third-order valence-corrected chi connectivity index (χ3v) is 4.05. The molecule has 3 N–H and O–H groups in total. The van der Waals surface area contributed by atoms with Crippen LogP contribution in [-0.2, 0) is 10.2 Å². The maximum Gasteiger partial charge on any atom is 0.257 e. The number of nitrogens with one attached hydrogen (secondary N) is 1. The fraction of sp³-hybridized carbons (Fsp3) is 0.300. The molecule has 5 heteroatoms. The van der Waals surface area contributed by atoms with E-state index in [1.54, 1.807) is 18.2 Å². The Morgan fingerprint density at radius 2 is 1.80 bits per heavy atom. The van der Waals surface area contributed by atoms with Crippen LogP contribution in [0.2, 0.25) is 0 Å². The van der Waals surface area contributed by atoms with E-state index in [-0.39, 0.29) is 17.9 Å². The lowest BCUT2D eigenvalue weighted by atomic mass is 9.84. The summed E-state index contributed by atoms with van der Waals surface area (Å²) in [7, 11) is 0. The summed E-state index contributed by atoms with van der Waals surface area (Å²) in [5.41, 5.74) is 7.75. The van der Waals surface area contributed by atoms with Crippen LogP contribution in [-0.4, -0.2) is 25.0 Å². The fourth-order valence-corrected chi connectivity index (χ4v) is 2.37. The summed E-state index contributed by atoms with van der Waals surface area (Å²) in [5.74, 6) is -0.316. The van der Waals surface area contributed by atoms with E-state index < -0.39 is 5.91 Å². The minimum Gasteiger partial charge on any atom is -0.484 e. The topological polar surface area (TPSA) is 81.4 Å². The highest BCUT2D eigenvalue weighted by Gasteiger charge is 2.21. The molecule has 0 atom stereocenters. The lowest BCUT2D eigenvalue weighted by Gasteiger charge is -2.25. The van der Waals surface area contributed by atoms with Crippen LogP contribution >= 0.6 is 0 Å². The second-order valence-corrected chi connectivity index (χ2v) is 6.71. The van der Waals surface area contributed by atoms with Crippen molar-refractivity contribution in [1.29, 1.82) is 0 Å². The summed E-state index contributed by atoms with van der Waals surface area (Å²) < 4.78 is 5.43. The molecule has 0 fully saturated rings. The van der Waals surface area contributed by atoms with Crippen LogP contribution in [0.3, 0.4) is 0 Å². The molecule has 2 aromatic rings. The minimum atomic E-state index is -0.533. The van der Waals surface area contributed by atoms with Gasteiger partial charge in [0.25, 0.3) is 5.91 Å². The summed E-state index contributed by atoms with van der Waals surface area (Å²) in [6.45, 7) is 6.58. The molecule has 2 aromatic carbocycles. The molecule has 0 saturated heterocycles. The average Bonchev–Trinajstić information content (AvgIpc) is 2.59. The van der Waals surface area contributed by atoms with Gasteiger partial charge in [-0.25, -0.2) is 0 Å². The number of carbonyl (C=O) groups is 2. The van der Waals surface area contributed by atoms with Gasteiger partial charge in [-0.15, -0.1) is 0 Å². The van der Waals surface area contributed by atoms with E-state index in [4.69, 9.17) is 10.5 Å². The standard InChI is InChI=1S/C20H24N2O3/c1-14-7-9-16(10-8-14)20(2,3)13-22-18(23)12-25-17-6-4-5-15(11-17)19(21)24/h4-11H,12-13H2,1-3H3,(H2,21,24)(H,22,23). The predicted molar refractivity (Wildman–Crippen MR) is 97.7 cm³/mol. The monoisotopic (exact) mass is 340 g/mol. The molecule has 0 aliphatic rings. The molecule has 132 valence electrons. The molecule has 0 saturated carbocycles. The molecule has 2 amide bonds. The van der Waals surface area contributed by atoms with Crippen LogP contribution in [0.1, 0.15) is 35.3 Å². The first-order valence-electron chi connectivity index (χ1n) is 8.14. The molecular weight excluding hydrogens is 316 g/mol. The van der Waals surface area contributed by atoms with Gasteiger partial charge < -0.3 is 15.8 Å². The summed E-state index contributed by atoms with van der Waals surface area (Å²) >= 11 is 0. The van der Waals surface area contributed by atoms with Gasteiger partial charge in [0.2, 0.25) is 5.91 Å². The van der Waals surface area contributed by atoms with Gasteiger partial charge in [-0.05, 0) is 30.7 Å². The van der Waals surface area contributed by atoms with Crippen molar-refractivity contribution in [2.45, 2.75) is 26.2 Å². The Morgan fingerprint density at radius 1 is 1.12 bits per heavy atom. The van der Waals surface area contributed by atoms with E-state index >= 15 is 0 Å². The van der Waals surface area contributed by atoms with Gasteiger partial charge in [-0.1, -0.05) is 49.7 Å². The van der Waals surface area contributed by atoms with Crippen molar-refractivity contribution in [2.24, 2.45) is 5.73 Å². The van der Waals surface area contributed by atoms with Crippen LogP contribution in [0.5, 0.6) is 5.75 Å². The molecule has 0 heterocycles. The van der Waals surface area contributed by atoms with Crippen LogP contribution in [0, 0.1) is 6.92 Å². The Hall–Kier alpha value is -2.82. The number of carbonyl (C=O) groups excluding carboxylic acids is 2. The molecule has 5 nitrogen and oxygen atoms in total. The molecule has 2 rings (SSSR count). The van der Waals surface area contributed by atoms with E-state index in [0.717, 1.165) is 5.56 Å². The third-order valence-electron chi connectivity index (χ3n) is 4.05. The molecule has 0 unspecified atom stereocenters. The van der Waals surface area contributed by atoms with E-state index in [2.05, 4.69) is 43.4 Å². The number of aryl methyl sites for hydroxylation is 1. The highest BCUT2D eigenvalue weighted by atomic mass is 16.5. The first kappa shape index (κ1) is 18.5. The smallest absolute Gasteiger partial charge is 0.257 e. The Balaban J connectivity index is 1.87. The van der Waals surface area contributed by atoms with Gasteiger partial charge in [-0.3, -0.25) is 9.59 Å². The number of benzene rings is 2. The second-order valence-electron chi connectivity index (χ2n) is 6.71. The SMILES string of the molecule is Cc1ccc(C(C)(C)CNC(=O)COc2cccc(C(N)=O)c2)cc1. The molecule has 0 aliphatic heterocycles. The lowest BCUT2D eigenvalue weighted by molar-refractivity contribution is -0.123. The van der Waals surface area contributed by atoms with Crippen LogP contribution in [0.15, 0.2) is 48.5 Å². The third kappa shape index (κ3) is 5.35. The summed E-state index contributed by atoms with van der Waals surface area (Å²) in [4.78, 5) is 23.2. The number of rotatable bonds is 7. The normalized spacial score (nSPS) is 11.0. The van der Waals surface area contributed by atoms with E-state index in [0.29, 0.717) is 17.9 Å². The van der Waals surface area contributed by atoms with Gasteiger partial charge in [0, 0.05) is 17.5 Å². The van der Waals surface area contributed by atoms with Crippen LogP contribution in [0.25, 0.3) is 0 Å². The molecule has 0 spiro atoms. The maximum atomic E-state index is 12.0. The molecule has 0 bridgehead atoms. The zero-order valence-electron chi connectivity index (χ0n) is 14.8. The Kier molecular flexibility index (Phi) is 5.80. The fourth-order valence-electron chi connectivity index (χ4n) is 2.37. The number of nitrogens with two attached hydrogens (primary N) is 1. The second kappa shape index (κ2) is 7.83. The minimum absolute atomic E-state index is 0.119. The van der Waals surface area contributed by atoms with Gasteiger partial charge in [0.1, 0.15) is 5.75 Å². The van der Waals surface area contributed by atoms with Gasteiger partial charge >= 0.3 is 0 Å². The first-order chi connectivity index (χ1) is 11.8. The zero-order chi connectivity index (χ0) is 18.4. The Bertz CT molecular complexity index is 752. The van der Waals surface area contributed by atoms with Crippen LogP contribution < -0.4 is 15.8 Å². The summed E-state index contributed by atoms with van der Waals surface area (Å²) in [5, 5.41) is 2.89. The predicted octanol–water partition coefficient (Wildman–Crippen LogP) is 2.57. The van der Waals surface area contributed by atoms with Crippen LogP contribution in [0.4, 0.5) is 0 Å². The molecule has 0 aliphatic carbocycles. The number of hydrogen-bond donors (Lipinski definition) is 2. The maximum absolute atomic E-state index is 12.0. The van der Waals surface area contributed by atoms with Gasteiger partial charge in [-0.2, -0.15) is 0 Å². The van der Waals surface area contributed by atoms with E-state index in [1.807, 2.05) is 6.92 Å². The van der Waals surface area contributed by atoms with Gasteiger partial charge in [0.05, 0.1) is 0 Å². The van der Waals surface area contributed by atoms with E-state index in [9.17, 15) is 9.59 Å². The number of ether oxygens (including phenoxy) is 1. The Morgan fingerprint density at radius 3 is 2.44 bits per heavy atom. The van der Waals surface area contributed by atoms with Crippen molar-refractivity contribution < 1.29 is 14.3 Å². The van der Waals surface area contributed by atoms with Crippen molar-refractivity contribution in [3.05, 3.63) is 65.2 Å². The van der Waals surface area contributed by atoms with Gasteiger partial charge in [0.15, 0.2) is 6.61 Å². The van der Waals surface area contributed by atoms with Crippen molar-refractivity contribution in [1.82, 2.24) is 5.32 Å². The Labute approximate surface area is 148 Å². The number of hydrogen-bond acceptors (Lipinski definition) is 3. The first-order valence-corrected chi connectivity index (χ1v) is 8.14. The molecular formula is C20H24N2O3. The summed E-state index contributed by atoms with van der Waals surface area (Å²) in [6.07, 6.45) is 0. The number of amides is 2. The molecule has 25 heavy (non-hydrogen) atoms. The lowest BCUT2D eigenvalue weighted by Crippen LogP contribution is -2.38. The van der Waals surface area contributed by atoms with Crippen molar-refractivity contribution in [3.8, 4) is 5.75 Å². The quantitative estimate of drug-likeness (QED) is 0.813. The van der Waals surface area contributed by atoms with Crippen molar-refractivity contribution in [3.63, 3.8) is 0 Å². The highest BCUT2D eigenvalue weighted by molar-refractivity contribution is 5.93.